The smallest absolute Gasteiger partial charge is 0.206 e. The number of rotatable bonds is 3. The van der Waals surface area contributed by atoms with E-state index in [0.717, 1.165) is 12.8 Å². The van der Waals surface area contributed by atoms with Crippen LogP contribution in [0.2, 0.25) is 0 Å². The van der Waals surface area contributed by atoms with E-state index >= 15 is 0 Å². The first-order valence-corrected chi connectivity index (χ1v) is 9.97. The molecule has 1 atom stereocenters. The molecular weight excluding hydrogens is 346 g/mol. The highest BCUT2D eigenvalue weighted by Crippen LogP contribution is 2.40. The van der Waals surface area contributed by atoms with E-state index in [0.29, 0.717) is 21.1 Å². The van der Waals surface area contributed by atoms with E-state index in [1.807, 2.05) is 11.4 Å². The van der Waals surface area contributed by atoms with Crippen molar-refractivity contribution < 1.29 is 8.42 Å². The van der Waals surface area contributed by atoms with Gasteiger partial charge in [0.15, 0.2) is 0 Å². The normalized spacial score (nSPS) is 26.3. The van der Waals surface area contributed by atoms with Crippen LogP contribution >= 0.6 is 27.3 Å². The predicted molar refractivity (Wildman–Crippen MR) is 80.9 cm³/mol. The van der Waals surface area contributed by atoms with Gasteiger partial charge in [-0.15, -0.1) is 11.3 Å². The molecule has 0 N–H and O–H groups in total. The van der Waals surface area contributed by atoms with Gasteiger partial charge in [-0.25, -0.2) is 8.42 Å². The Morgan fingerprint density at radius 2 is 1.95 bits per heavy atom. The van der Waals surface area contributed by atoms with Gasteiger partial charge in [0, 0.05) is 17.1 Å². The fourth-order valence-electron chi connectivity index (χ4n) is 3.45. The first-order chi connectivity index (χ1) is 9.10. The van der Waals surface area contributed by atoms with Gasteiger partial charge in [-0.1, -0.05) is 12.8 Å². The van der Waals surface area contributed by atoms with Crippen LogP contribution in [0.4, 0.5) is 0 Å². The second kappa shape index (κ2) is 5.47. The van der Waals surface area contributed by atoms with Crippen LogP contribution in [0.1, 0.15) is 38.5 Å². The lowest BCUT2D eigenvalue weighted by molar-refractivity contribution is 0.288. The first-order valence-electron chi connectivity index (χ1n) is 6.85. The van der Waals surface area contributed by atoms with E-state index in [1.54, 1.807) is 4.31 Å². The van der Waals surface area contributed by atoms with Gasteiger partial charge >= 0.3 is 0 Å². The average Bonchev–Trinajstić information content (AvgIpc) is 3.09. The summed E-state index contributed by atoms with van der Waals surface area (Å²) in [7, 11) is -3.31. The third-order valence-electron chi connectivity index (χ3n) is 4.32. The number of halogens is 1. The van der Waals surface area contributed by atoms with Crippen molar-refractivity contribution in [1.82, 2.24) is 4.31 Å². The molecule has 0 bridgehead atoms. The van der Waals surface area contributed by atoms with Crippen molar-refractivity contribution in [2.24, 2.45) is 5.92 Å². The summed E-state index contributed by atoms with van der Waals surface area (Å²) >= 11 is 4.67. The lowest BCUT2D eigenvalue weighted by atomic mass is 9.97. The second-order valence-corrected chi connectivity index (χ2v) is 9.28. The van der Waals surface area contributed by atoms with Crippen LogP contribution in [-0.4, -0.2) is 25.3 Å². The quantitative estimate of drug-likeness (QED) is 0.817. The Morgan fingerprint density at radius 1 is 1.21 bits per heavy atom. The topological polar surface area (TPSA) is 37.4 Å². The summed E-state index contributed by atoms with van der Waals surface area (Å²) in [4.78, 5) is 0. The summed E-state index contributed by atoms with van der Waals surface area (Å²) < 4.78 is 28.5. The van der Waals surface area contributed by atoms with Gasteiger partial charge in [0.25, 0.3) is 10.0 Å². The maximum absolute atomic E-state index is 12.8. The molecule has 106 valence electrons. The molecule has 1 unspecified atom stereocenters. The molecule has 1 aliphatic carbocycles. The van der Waals surface area contributed by atoms with Crippen molar-refractivity contribution in [2.75, 3.05) is 6.54 Å². The van der Waals surface area contributed by atoms with Gasteiger partial charge in [0.1, 0.15) is 4.21 Å². The van der Waals surface area contributed by atoms with Crippen LogP contribution in [0.15, 0.2) is 20.1 Å². The van der Waals surface area contributed by atoms with E-state index in [2.05, 4.69) is 15.9 Å². The summed E-state index contributed by atoms with van der Waals surface area (Å²) in [6.45, 7) is 0.688. The molecule has 2 aliphatic rings. The Labute approximate surface area is 127 Å². The Hall–Kier alpha value is 0.0900. The van der Waals surface area contributed by atoms with Crippen LogP contribution in [-0.2, 0) is 10.0 Å². The number of hydrogen-bond donors (Lipinski definition) is 0. The van der Waals surface area contributed by atoms with E-state index < -0.39 is 10.0 Å². The van der Waals surface area contributed by atoms with Crippen molar-refractivity contribution in [2.45, 2.75) is 48.8 Å². The molecule has 3 rings (SSSR count). The zero-order valence-corrected chi connectivity index (χ0v) is 13.9. The number of sulfonamides is 1. The first kappa shape index (κ1) is 14.0. The van der Waals surface area contributed by atoms with Gasteiger partial charge in [-0.3, -0.25) is 0 Å². The molecule has 0 radical (unpaired) electrons. The van der Waals surface area contributed by atoms with E-state index in [9.17, 15) is 8.42 Å². The Bertz CT molecular complexity index is 549. The molecule has 1 aromatic heterocycles. The largest absolute Gasteiger partial charge is 0.253 e. The maximum Gasteiger partial charge on any atom is 0.253 e. The molecule has 0 aromatic carbocycles. The molecule has 1 saturated heterocycles. The van der Waals surface area contributed by atoms with Crippen LogP contribution in [0.5, 0.6) is 0 Å². The maximum atomic E-state index is 12.8. The number of thiophene rings is 1. The summed E-state index contributed by atoms with van der Waals surface area (Å²) in [5.41, 5.74) is 0. The van der Waals surface area contributed by atoms with Crippen molar-refractivity contribution in [1.29, 1.82) is 0 Å². The second-order valence-electron chi connectivity index (χ2n) is 5.43. The minimum Gasteiger partial charge on any atom is -0.206 e. The fourth-order valence-corrected chi connectivity index (χ4v) is 7.63. The Kier molecular flexibility index (Phi) is 4.04. The molecule has 0 spiro atoms. The molecule has 1 saturated carbocycles. The third kappa shape index (κ3) is 2.52. The molecule has 19 heavy (non-hydrogen) atoms. The fraction of sp³-hybridized carbons (Fsp3) is 0.692. The molecule has 0 amide bonds. The molecule has 1 aliphatic heterocycles. The lowest BCUT2D eigenvalue weighted by Gasteiger charge is -2.28. The molecule has 3 nitrogen and oxygen atoms in total. The summed E-state index contributed by atoms with van der Waals surface area (Å²) in [6, 6.07) is 2.06. The van der Waals surface area contributed by atoms with E-state index in [4.69, 9.17) is 0 Å². The summed E-state index contributed by atoms with van der Waals surface area (Å²) in [5, 5.41) is 1.83. The standard InChI is InChI=1S/C13H18BrNO2S2/c14-11-7-9-18-13(11)19(16,17)15-8-3-6-12(15)10-4-1-2-5-10/h7,9-10,12H,1-6,8H2. The SMILES string of the molecule is O=S(=O)(c1sccc1Br)N1CCCC1C1CCCC1. The van der Waals surface area contributed by atoms with Crippen LogP contribution in [0.3, 0.4) is 0 Å². The molecular formula is C13H18BrNO2S2. The zero-order valence-electron chi connectivity index (χ0n) is 10.7. The average molecular weight is 364 g/mol. The van der Waals surface area contributed by atoms with Gasteiger partial charge in [-0.2, -0.15) is 4.31 Å². The van der Waals surface area contributed by atoms with Crippen LogP contribution < -0.4 is 0 Å². The summed E-state index contributed by atoms with van der Waals surface area (Å²) in [5.74, 6) is 0.580. The van der Waals surface area contributed by atoms with Gasteiger partial charge in [0.2, 0.25) is 0 Å². The number of hydrogen-bond acceptors (Lipinski definition) is 3. The molecule has 2 heterocycles. The van der Waals surface area contributed by atoms with Crippen LogP contribution in [0.25, 0.3) is 0 Å². The van der Waals surface area contributed by atoms with Crippen molar-refractivity contribution in [3.05, 3.63) is 15.9 Å². The van der Waals surface area contributed by atoms with Crippen LogP contribution in [0, 0.1) is 5.92 Å². The highest BCUT2D eigenvalue weighted by atomic mass is 79.9. The van der Waals surface area contributed by atoms with E-state index in [-0.39, 0.29) is 6.04 Å². The Balaban J connectivity index is 1.90. The minimum absolute atomic E-state index is 0.237. The van der Waals surface area contributed by atoms with Crippen molar-refractivity contribution in [3.63, 3.8) is 0 Å². The van der Waals surface area contributed by atoms with Crippen molar-refractivity contribution >= 4 is 37.3 Å². The highest BCUT2D eigenvalue weighted by Gasteiger charge is 2.41. The molecule has 2 fully saturated rings. The lowest BCUT2D eigenvalue weighted by Crippen LogP contribution is -2.39. The number of nitrogens with zero attached hydrogens (tertiary/aromatic N) is 1. The Morgan fingerprint density at radius 3 is 2.58 bits per heavy atom. The van der Waals surface area contributed by atoms with Gasteiger partial charge in [-0.05, 0) is 59.0 Å². The van der Waals surface area contributed by atoms with Gasteiger partial charge < -0.3 is 0 Å². The van der Waals surface area contributed by atoms with Crippen molar-refractivity contribution in [3.8, 4) is 0 Å². The predicted octanol–water partition coefficient (Wildman–Crippen LogP) is 3.85. The third-order valence-corrected chi connectivity index (χ3v) is 8.89. The summed E-state index contributed by atoms with van der Waals surface area (Å²) in [6.07, 6.45) is 6.95. The minimum atomic E-state index is -3.31. The molecule has 1 aromatic rings. The highest BCUT2D eigenvalue weighted by molar-refractivity contribution is 9.10. The molecule has 6 heteroatoms. The van der Waals surface area contributed by atoms with Gasteiger partial charge in [0.05, 0.1) is 0 Å². The monoisotopic (exact) mass is 363 g/mol. The zero-order chi connectivity index (χ0) is 13.5. The van der Waals surface area contributed by atoms with E-state index in [1.165, 1.54) is 37.0 Å².